The van der Waals surface area contributed by atoms with Crippen LogP contribution < -0.4 is 5.73 Å². The molecule has 7 nitrogen and oxygen atoms in total. The van der Waals surface area contributed by atoms with Crippen molar-refractivity contribution in [2.45, 2.75) is 13.0 Å². The first-order valence-electron chi connectivity index (χ1n) is 3.58. The number of amidine groups is 1. The van der Waals surface area contributed by atoms with Crippen LogP contribution >= 0.6 is 0 Å². The lowest BCUT2D eigenvalue weighted by Crippen LogP contribution is -2.28. The summed E-state index contributed by atoms with van der Waals surface area (Å²) in [7, 11) is 0. The van der Waals surface area contributed by atoms with Crippen molar-refractivity contribution in [2.24, 2.45) is 16.0 Å². The monoisotopic (exact) mass is 186 g/mol. The van der Waals surface area contributed by atoms with E-state index in [0.717, 1.165) is 0 Å². The van der Waals surface area contributed by atoms with Gasteiger partial charge in [-0.05, 0) is 6.92 Å². The van der Waals surface area contributed by atoms with Gasteiger partial charge in [-0.25, -0.2) is 0 Å². The molecule has 0 aromatic carbocycles. The van der Waals surface area contributed by atoms with Crippen LogP contribution in [0.25, 0.3) is 0 Å². The molecule has 1 rings (SSSR count). The van der Waals surface area contributed by atoms with Gasteiger partial charge in [0.15, 0.2) is 5.84 Å². The topological polar surface area (TPSA) is 111 Å². The summed E-state index contributed by atoms with van der Waals surface area (Å²) in [6, 6.07) is -0.456. The molecule has 1 aliphatic rings. The molecule has 0 spiro atoms. The highest BCUT2D eigenvalue weighted by Gasteiger charge is 2.42. The highest BCUT2D eigenvalue weighted by atomic mass is 16.4. The van der Waals surface area contributed by atoms with Crippen molar-refractivity contribution in [3.8, 4) is 0 Å². The Balaban J connectivity index is 2.69. The Morgan fingerprint density at radius 1 is 1.54 bits per heavy atom. The molecule has 1 heterocycles. The maximum atomic E-state index is 10.6. The van der Waals surface area contributed by atoms with Gasteiger partial charge in [-0.15, -0.1) is 0 Å². The largest absolute Gasteiger partial charge is 0.411 e. The minimum Gasteiger partial charge on any atom is -0.411 e. The first-order valence-corrected chi connectivity index (χ1v) is 3.58. The van der Waals surface area contributed by atoms with Crippen LogP contribution in [-0.4, -0.2) is 45.4 Å². The smallest absolute Gasteiger partial charge is 0.242 e. The predicted octanol–water partition coefficient (Wildman–Crippen LogP) is -1.21. The second kappa shape index (κ2) is 3.30. The van der Waals surface area contributed by atoms with Gasteiger partial charge in [0.2, 0.25) is 5.91 Å². The molecule has 72 valence electrons. The second-order valence-electron chi connectivity index (χ2n) is 2.68. The molecule has 1 fully saturated rings. The van der Waals surface area contributed by atoms with Gasteiger partial charge in [0, 0.05) is 6.54 Å². The fourth-order valence-corrected chi connectivity index (χ4v) is 0.999. The zero-order valence-electron chi connectivity index (χ0n) is 7.01. The van der Waals surface area contributed by atoms with Crippen molar-refractivity contribution in [1.29, 1.82) is 0 Å². The maximum absolute atomic E-state index is 10.6. The minimum atomic E-state index is -0.494. The van der Waals surface area contributed by atoms with Crippen molar-refractivity contribution in [2.75, 3.05) is 6.54 Å². The molecule has 1 unspecified atom stereocenters. The normalized spacial score (nSPS) is 23.2. The van der Waals surface area contributed by atoms with E-state index in [1.54, 1.807) is 0 Å². The summed E-state index contributed by atoms with van der Waals surface area (Å²) < 4.78 is 0. The molecule has 1 aliphatic heterocycles. The van der Waals surface area contributed by atoms with Crippen LogP contribution in [0.2, 0.25) is 0 Å². The van der Waals surface area contributed by atoms with Gasteiger partial charge in [-0.2, -0.15) is 0 Å². The Morgan fingerprint density at radius 2 is 2.15 bits per heavy atom. The van der Waals surface area contributed by atoms with E-state index in [0.29, 0.717) is 6.54 Å². The summed E-state index contributed by atoms with van der Waals surface area (Å²) in [6.45, 7) is 1.84. The Morgan fingerprint density at radius 3 is 2.46 bits per heavy atom. The van der Waals surface area contributed by atoms with Crippen LogP contribution in [0, 0.1) is 0 Å². The van der Waals surface area contributed by atoms with Crippen LogP contribution in [0.15, 0.2) is 10.3 Å². The third-order valence-electron chi connectivity index (χ3n) is 1.78. The average Bonchev–Trinajstić information content (AvgIpc) is 2.85. The fourth-order valence-electron chi connectivity index (χ4n) is 0.999. The molecule has 0 aromatic heterocycles. The summed E-state index contributed by atoms with van der Waals surface area (Å²) in [6.07, 6.45) is 0. The van der Waals surface area contributed by atoms with Gasteiger partial charge in [0.05, 0.1) is 0 Å². The quantitative estimate of drug-likeness (QED) is 0.165. The number of nitrogens with two attached hydrogens (primary N) is 1. The number of carbonyl (C=O) groups is 1. The number of nitrogens with zero attached hydrogens (tertiary/aromatic N) is 3. The van der Waals surface area contributed by atoms with Crippen molar-refractivity contribution < 1.29 is 15.2 Å². The standard InChI is InChI=1S/C6H10N4O3/c1-3(8-12)6(9-13)10-2-4(10)5(7)11/h4,12-13H,2H2,1H3,(H2,7,11)/b8-3+,9-6-. The van der Waals surface area contributed by atoms with Crippen molar-refractivity contribution in [1.82, 2.24) is 4.90 Å². The van der Waals surface area contributed by atoms with Crippen molar-refractivity contribution in [3.05, 3.63) is 0 Å². The first-order chi connectivity index (χ1) is 6.11. The van der Waals surface area contributed by atoms with Gasteiger partial charge < -0.3 is 21.0 Å². The van der Waals surface area contributed by atoms with Gasteiger partial charge in [0.25, 0.3) is 0 Å². The molecule has 0 aromatic rings. The summed E-state index contributed by atoms with van der Waals surface area (Å²) in [4.78, 5) is 12.1. The minimum absolute atomic E-state index is 0.0614. The molecule has 0 aliphatic carbocycles. The maximum Gasteiger partial charge on any atom is 0.242 e. The summed E-state index contributed by atoms with van der Waals surface area (Å²) >= 11 is 0. The zero-order valence-corrected chi connectivity index (χ0v) is 7.01. The SMILES string of the molecule is CC(=N\O)/C(=N/O)N1CC1C(N)=O. The van der Waals surface area contributed by atoms with E-state index in [9.17, 15) is 4.79 Å². The molecular formula is C6H10N4O3. The van der Waals surface area contributed by atoms with Crippen LogP contribution in [0.3, 0.4) is 0 Å². The number of hydrogen-bond acceptors (Lipinski definition) is 5. The second-order valence-corrected chi connectivity index (χ2v) is 2.68. The Bertz CT molecular complexity index is 286. The molecule has 4 N–H and O–H groups in total. The van der Waals surface area contributed by atoms with Crippen LogP contribution in [0.4, 0.5) is 0 Å². The number of hydrogen-bond donors (Lipinski definition) is 3. The van der Waals surface area contributed by atoms with E-state index in [2.05, 4.69) is 10.3 Å². The molecule has 0 bridgehead atoms. The molecule has 1 saturated heterocycles. The number of amides is 1. The summed E-state index contributed by atoms with van der Waals surface area (Å²) in [5, 5.41) is 22.7. The van der Waals surface area contributed by atoms with Crippen molar-refractivity contribution in [3.63, 3.8) is 0 Å². The molecule has 1 atom stereocenters. The summed E-state index contributed by atoms with van der Waals surface area (Å²) in [5.41, 5.74) is 5.13. The van der Waals surface area contributed by atoms with E-state index >= 15 is 0 Å². The lowest BCUT2D eigenvalue weighted by molar-refractivity contribution is -0.117. The molecule has 0 saturated carbocycles. The van der Waals surface area contributed by atoms with E-state index in [1.165, 1.54) is 11.8 Å². The van der Waals surface area contributed by atoms with Gasteiger partial charge >= 0.3 is 0 Å². The Kier molecular flexibility index (Phi) is 2.36. The van der Waals surface area contributed by atoms with E-state index in [-0.39, 0.29) is 11.5 Å². The van der Waals surface area contributed by atoms with Crippen LogP contribution in [-0.2, 0) is 4.79 Å². The van der Waals surface area contributed by atoms with Gasteiger partial charge in [-0.3, -0.25) is 4.79 Å². The van der Waals surface area contributed by atoms with Gasteiger partial charge in [-0.1, -0.05) is 10.3 Å². The number of oxime groups is 2. The summed E-state index contributed by atoms with van der Waals surface area (Å²) in [5.74, 6) is -0.432. The molecule has 1 amide bonds. The zero-order chi connectivity index (χ0) is 10.0. The van der Waals surface area contributed by atoms with E-state index in [1.807, 2.05) is 0 Å². The van der Waals surface area contributed by atoms with Gasteiger partial charge in [0.1, 0.15) is 11.8 Å². The lowest BCUT2D eigenvalue weighted by Gasteiger charge is -2.03. The molecule has 13 heavy (non-hydrogen) atoms. The Hall–Kier alpha value is -1.79. The predicted molar refractivity (Wildman–Crippen MR) is 43.8 cm³/mol. The number of primary amides is 1. The van der Waals surface area contributed by atoms with Crippen molar-refractivity contribution >= 4 is 17.5 Å². The highest BCUT2D eigenvalue weighted by molar-refractivity contribution is 6.41. The first kappa shape index (κ1) is 9.30. The molecular weight excluding hydrogens is 176 g/mol. The van der Waals surface area contributed by atoms with E-state index in [4.69, 9.17) is 16.1 Å². The fraction of sp³-hybridized carbons (Fsp3) is 0.500. The van der Waals surface area contributed by atoms with Crippen LogP contribution in [0.5, 0.6) is 0 Å². The third-order valence-corrected chi connectivity index (χ3v) is 1.78. The highest BCUT2D eigenvalue weighted by Crippen LogP contribution is 2.17. The molecule has 7 heteroatoms. The third kappa shape index (κ3) is 1.68. The van der Waals surface area contributed by atoms with E-state index < -0.39 is 11.9 Å². The lowest BCUT2D eigenvalue weighted by atomic mass is 10.4. The van der Waals surface area contributed by atoms with Crippen LogP contribution in [0.1, 0.15) is 6.92 Å². The number of carbonyl (C=O) groups excluding carboxylic acids is 1. The Labute approximate surface area is 74.1 Å². The molecule has 0 radical (unpaired) electrons. The average molecular weight is 186 g/mol. The number of rotatable bonds is 2.